The molecule has 37 heavy (non-hydrogen) atoms. The van der Waals surface area contributed by atoms with E-state index in [0.29, 0.717) is 5.69 Å². The Labute approximate surface area is 218 Å². The van der Waals surface area contributed by atoms with Gasteiger partial charge >= 0.3 is 0 Å². The molecule has 0 radical (unpaired) electrons. The van der Waals surface area contributed by atoms with Crippen molar-refractivity contribution >= 4 is 17.2 Å². The maximum atomic E-state index is 14.0. The molecule has 0 spiro atoms. The average molecular weight is 488 g/mol. The minimum absolute atomic E-state index is 0.0761. The number of nitrogens with one attached hydrogen (secondary N) is 1. The molecule has 186 valence electrons. The number of nitrogens with zero attached hydrogens (tertiary/aromatic N) is 2. The van der Waals surface area contributed by atoms with Gasteiger partial charge in [-0.25, -0.2) is 0 Å². The van der Waals surface area contributed by atoms with Crippen LogP contribution in [-0.2, 0) is 19.4 Å². The van der Waals surface area contributed by atoms with Gasteiger partial charge in [0.25, 0.3) is 5.91 Å². The van der Waals surface area contributed by atoms with Gasteiger partial charge < -0.3 is 9.88 Å². The fraction of sp³-hybridized carbons (Fsp3) is 0.242. The molecule has 0 unspecified atom stereocenters. The molecule has 0 bridgehead atoms. The number of benzene rings is 3. The summed E-state index contributed by atoms with van der Waals surface area (Å²) in [6, 6.07) is 25.5. The zero-order chi connectivity index (χ0) is 25.5. The van der Waals surface area contributed by atoms with E-state index in [0.717, 1.165) is 60.4 Å². The monoisotopic (exact) mass is 487 g/mol. The molecule has 3 heterocycles. The second kappa shape index (κ2) is 9.44. The number of hydrogen-bond acceptors (Lipinski definition) is 1. The second-order valence-corrected chi connectivity index (χ2v) is 10.3. The number of carbonyl (C=O) groups excluding carboxylic acids is 1. The molecule has 1 aliphatic rings. The molecule has 4 nitrogen and oxygen atoms in total. The molecule has 1 aliphatic heterocycles. The van der Waals surface area contributed by atoms with E-state index >= 15 is 0 Å². The van der Waals surface area contributed by atoms with Gasteiger partial charge in [0.2, 0.25) is 0 Å². The molecule has 0 saturated carbocycles. The molecule has 6 rings (SSSR count). The van der Waals surface area contributed by atoms with Crippen LogP contribution < -0.4 is 5.32 Å². The summed E-state index contributed by atoms with van der Waals surface area (Å²) in [4.78, 5) is 14.0. The van der Waals surface area contributed by atoms with Crippen LogP contribution in [0.3, 0.4) is 0 Å². The highest BCUT2D eigenvalue weighted by atomic mass is 16.1. The van der Waals surface area contributed by atoms with E-state index in [-0.39, 0.29) is 5.91 Å². The van der Waals surface area contributed by atoms with E-state index in [1.807, 2.05) is 24.3 Å². The molecule has 0 atom stereocenters. The fourth-order valence-electron chi connectivity index (χ4n) is 5.61. The van der Waals surface area contributed by atoms with Gasteiger partial charge in [-0.2, -0.15) is 0 Å². The van der Waals surface area contributed by atoms with Crippen LogP contribution in [0.5, 0.6) is 0 Å². The van der Waals surface area contributed by atoms with Gasteiger partial charge in [-0.1, -0.05) is 78.7 Å². The predicted octanol–water partition coefficient (Wildman–Crippen LogP) is 7.84. The standard InChI is InChI=1S/C33H33N3O/c1-4-24-12-16-26(17-13-24)30-28-7-5-6-20-35-29(25-14-8-22(2)9-15-25)21-36(33(28)35)31(30)32(37)34-27-18-10-23(3)11-19-27/h8-19,21H,4-7,20H2,1-3H3,(H,34,37). The minimum atomic E-state index is -0.0761. The summed E-state index contributed by atoms with van der Waals surface area (Å²) in [5, 5.41) is 3.19. The molecule has 4 heteroatoms. The smallest absolute Gasteiger partial charge is 0.273 e. The van der Waals surface area contributed by atoms with Crippen molar-refractivity contribution in [3.05, 3.63) is 107 Å². The number of amides is 1. The average Bonchev–Trinajstić information content (AvgIpc) is 3.33. The van der Waals surface area contributed by atoms with Crippen LogP contribution in [0, 0.1) is 13.8 Å². The summed E-state index contributed by atoms with van der Waals surface area (Å²) in [6.45, 7) is 7.29. The largest absolute Gasteiger partial charge is 0.325 e. The number of imidazole rings is 1. The van der Waals surface area contributed by atoms with Crippen LogP contribution in [-0.4, -0.2) is 14.9 Å². The third-order valence-electron chi connectivity index (χ3n) is 7.66. The molecular formula is C33H33N3O. The van der Waals surface area contributed by atoms with Gasteiger partial charge in [-0.3, -0.25) is 9.20 Å². The first-order valence-corrected chi connectivity index (χ1v) is 13.3. The minimum Gasteiger partial charge on any atom is -0.325 e. The van der Waals surface area contributed by atoms with Crippen LogP contribution >= 0.6 is 0 Å². The summed E-state index contributed by atoms with van der Waals surface area (Å²) >= 11 is 0. The first kappa shape index (κ1) is 23.4. The van der Waals surface area contributed by atoms with Crippen molar-refractivity contribution in [1.29, 1.82) is 0 Å². The Morgan fingerprint density at radius 3 is 2.16 bits per heavy atom. The summed E-state index contributed by atoms with van der Waals surface area (Å²) < 4.78 is 4.59. The van der Waals surface area contributed by atoms with Crippen molar-refractivity contribution < 1.29 is 4.79 Å². The topological polar surface area (TPSA) is 38.4 Å². The lowest BCUT2D eigenvalue weighted by molar-refractivity contribution is 0.102. The molecule has 3 aromatic carbocycles. The van der Waals surface area contributed by atoms with E-state index < -0.39 is 0 Å². The van der Waals surface area contributed by atoms with Crippen LogP contribution in [0.1, 0.15) is 52.5 Å². The lowest BCUT2D eigenvalue weighted by Crippen LogP contribution is -2.15. The van der Waals surface area contributed by atoms with Gasteiger partial charge in [0, 0.05) is 29.6 Å². The number of hydrogen-bond donors (Lipinski definition) is 1. The Morgan fingerprint density at radius 2 is 1.49 bits per heavy atom. The van der Waals surface area contributed by atoms with Gasteiger partial charge in [0.15, 0.2) is 0 Å². The van der Waals surface area contributed by atoms with Gasteiger partial charge in [-0.05, 0) is 68.4 Å². The van der Waals surface area contributed by atoms with Crippen LogP contribution in [0.4, 0.5) is 5.69 Å². The lowest BCUT2D eigenvalue weighted by Gasteiger charge is -2.11. The van der Waals surface area contributed by atoms with Crippen LogP contribution in [0.25, 0.3) is 28.0 Å². The maximum Gasteiger partial charge on any atom is 0.273 e. The van der Waals surface area contributed by atoms with E-state index in [1.165, 1.54) is 27.8 Å². The third kappa shape index (κ3) is 4.17. The predicted molar refractivity (Wildman–Crippen MR) is 152 cm³/mol. The second-order valence-electron chi connectivity index (χ2n) is 10.3. The van der Waals surface area contributed by atoms with Crippen LogP contribution in [0.2, 0.25) is 0 Å². The molecule has 0 fully saturated rings. The van der Waals surface area contributed by atoms with Gasteiger partial charge in [0.05, 0.1) is 5.69 Å². The Morgan fingerprint density at radius 1 is 0.838 bits per heavy atom. The van der Waals surface area contributed by atoms with E-state index in [4.69, 9.17) is 0 Å². The SMILES string of the molecule is CCc1ccc(-c2c3c4n(c(-c5ccc(C)cc5)cn4c2C(=O)Nc2ccc(C)cc2)CCCC3)cc1. The Hall–Kier alpha value is -4.05. The molecule has 0 saturated heterocycles. The van der Waals surface area contributed by atoms with Crippen LogP contribution in [0.15, 0.2) is 79.0 Å². The third-order valence-corrected chi connectivity index (χ3v) is 7.66. The lowest BCUT2D eigenvalue weighted by atomic mass is 9.96. The highest BCUT2D eigenvalue weighted by molar-refractivity contribution is 6.10. The van der Waals surface area contributed by atoms with Crippen molar-refractivity contribution in [2.45, 2.75) is 53.0 Å². The van der Waals surface area contributed by atoms with Crippen molar-refractivity contribution in [1.82, 2.24) is 8.97 Å². The summed E-state index contributed by atoms with van der Waals surface area (Å²) in [6.07, 6.45) is 6.35. The molecule has 1 N–H and O–H groups in total. The first-order chi connectivity index (χ1) is 18.0. The number of anilines is 1. The molecule has 2 aromatic heterocycles. The zero-order valence-corrected chi connectivity index (χ0v) is 21.8. The highest BCUT2D eigenvalue weighted by Crippen LogP contribution is 2.40. The number of aromatic nitrogens is 2. The molecule has 5 aromatic rings. The summed E-state index contributed by atoms with van der Waals surface area (Å²) in [5.41, 5.74) is 12.2. The first-order valence-electron chi connectivity index (χ1n) is 13.3. The zero-order valence-electron chi connectivity index (χ0n) is 21.8. The van der Waals surface area contributed by atoms with Crippen molar-refractivity contribution in [3.8, 4) is 22.4 Å². The Kier molecular flexibility index (Phi) is 5.96. The van der Waals surface area contributed by atoms with Crippen molar-refractivity contribution in [2.75, 3.05) is 5.32 Å². The van der Waals surface area contributed by atoms with E-state index in [2.05, 4.69) is 89.8 Å². The fourth-order valence-corrected chi connectivity index (χ4v) is 5.61. The normalized spacial score (nSPS) is 13.1. The van der Waals surface area contributed by atoms with Crippen molar-refractivity contribution in [2.24, 2.45) is 0 Å². The van der Waals surface area contributed by atoms with E-state index in [1.54, 1.807) is 0 Å². The van der Waals surface area contributed by atoms with Gasteiger partial charge in [-0.15, -0.1) is 0 Å². The Bertz CT molecular complexity index is 1580. The number of aryl methyl sites for hydroxylation is 5. The highest BCUT2D eigenvalue weighted by Gasteiger charge is 2.29. The molecule has 0 aliphatic carbocycles. The quantitative estimate of drug-likeness (QED) is 0.269. The van der Waals surface area contributed by atoms with Gasteiger partial charge in [0.1, 0.15) is 11.3 Å². The summed E-state index contributed by atoms with van der Waals surface area (Å²) in [5.74, 6) is -0.0761. The van der Waals surface area contributed by atoms with E-state index in [9.17, 15) is 4.79 Å². The molecule has 1 amide bonds. The number of rotatable bonds is 5. The molecular weight excluding hydrogens is 454 g/mol. The Balaban J connectivity index is 1.59. The summed E-state index contributed by atoms with van der Waals surface area (Å²) in [7, 11) is 0. The van der Waals surface area contributed by atoms with Crippen molar-refractivity contribution in [3.63, 3.8) is 0 Å². The number of carbonyl (C=O) groups is 1. The maximum absolute atomic E-state index is 14.0.